The summed E-state index contributed by atoms with van der Waals surface area (Å²) in [7, 11) is 5.27. The molecule has 0 aromatic heterocycles. The summed E-state index contributed by atoms with van der Waals surface area (Å²) >= 11 is 0. The van der Waals surface area contributed by atoms with E-state index in [0.717, 1.165) is 16.9 Å². The molecule has 0 bridgehead atoms. The number of amides is 1. The van der Waals surface area contributed by atoms with Crippen LogP contribution in [0.15, 0.2) is 12.1 Å². The van der Waals surface area contributed by atoms with Crippen LogP contribution >= 0.6 is 0 Å². The molecule has 0 aliphatic carbocycles. The fourth-order valence-corrected chi connectivity index (χ4v) is 2.07. The molecule has 0 saturated carbocycles. The predicted octanol–water partition coefficient (Wildman–Crippen LogP) is 1.84. The molecule has 0 spiro atoms. The molecule has 100 valence electrons. The second kappa shape index (κ2) is 6.40. The minimum absolute atomic E-state index is 0.0150. The highest BCUT2D eigenvalue weighted by Crippen LogP contribution is 2.26. The van der Waals surface area contributed by atoms with Crippen molar-refractivity contribution in [3.63, 3.8) is 0 Å². The number of rotatable bonds is 5. The first kappa shape index (κ1) is 14.5. The summed E-state index contributed by atoms with van der Waals surface area (Å²) in [6.07, 6.45) is 1.14. The number of hydrogen-bond acceptors (Lipinski definition) is 3. The number of aryl methyl sites for hydroxylation is 3. The number of nitrogens with one attached hydrogen (secondary N) is 1. The van der Waals surface area contributed by atoms with E-state index in [1.807, 2.05) is 6.92 Å². The molecule has 0 heterocycles. The molecule has 1 rings (SSSR count). The van der Waals surface area contributed by atoms with Crippen LogP contribution in [0, 0.1) is 13.8 Å². The summed E-state index contributed by atoms with van der Waals surface area (Å²) < 4.78 is 5.40. The lowest BCUT2D eigenvalue weighted by molar-refractivity contribution is -0.124. The maximum absolute atomic E-state index is 11.6. The van der Waals surface area contributed by atoms with E-state index in [4.69, 9.17) is 4.74 Å². The van der Waals surface area contributed by atoms with Gasteiger partial charge in [-0.2, -0.15) is 0 Å². The highest BCUT2D eigenvalue weighted by molar-refractivity contribution is 5.75. The first-order valence-electron chi connectivity index (χ1n) is 6.05. The summed E-state index contributed by atoms with van der Waals surface area (Å²) in [5.74, 6) is 0.902. The van der Waals surface area contributed by atoms with Crippen molar-refractivity contribution >= 4 is 5.91 Å². The molecule has 1 aromatic carbocycles. The molecule has 0 saturated heterocycles. The summed E-state index contributed by atoms with van der Waals surface area (Å²) in [6, 6.07) is 4.16. The number of hydrazine groups is 1. The zero-order valence-electron chi connectivity index (χ0n) is 11.8. The normalized spacial score (nSPS) is 10.6. The Balaban J connectivity index is 2.75. The van der Waals surface area contributed by atoms with E-state index in [1.54, 1.807) is 26.2 Å². The van der Waals surface area contributed by atoms with Crippen LogP contribution in [0.5, 0.6) is 5.75 Å². The highest BCUT2D eigenvalue weighted by atomic mass is 16.5. The Morgan fingerprint density at radius 3 is 2.56 bits per heavy atom. The van der Waals surface area contributed by atoms with Gasteiger partial charge in [-0.05, 0) is 31.4 Å². The molecule has 0 unspecified atom stereocenters. The molecule has 18 heavy (non-hydrogen) atoms. The lowest BCUT2D eigenvalue weighted by Crippen LogP contribution is -2.36. The van der Waals surface area contributed by atoms with E-state index in [0.29, 0.717) is 12.8 Å². The van der Waals surface area contributed by atoms with Gasteiger partial charge in [-0.25, -0.2) is 5.01 Å². The Morgan fingerprint density at radius 1 is 1.33 bits per heavy atom. The van der Waals surface area contributed by atoms with Crippen LogP contribution < -0.4 is 10.2 Å². The molecule has 0 aliphatic heterocycles. The van der Waals surface area contributed by atoms with E-state index in [1.165, 1.54) is 5.56 Å². The van der Waals surface area contributed by atoms with E-state index >= 15 is 0 Å². The van der Waals surface area contributed by atoms with Gasteiger partial charge in [-0.1, -0.05) is 17.7 Å². The second-order valence-electron chi connectivity index (χ2n) is 4.70. The van der Waals surface area contributed by atoms with Crippen LogP contribution in [0.3, 0.4) is 0 Å². The van der Waals surface area contributed by atoms with Crippen molar-refractivity contribution in [1.82, 2.24) is 10.4 Å². The predicted molar refractivity (Wildman–Crippen MR) is 72.6 cm³/mol. The average molecular weight is 250 g/mol. The standard InChI is InChI=1S/C14H22N2O2/c1-10-8-11(2)14(18-5)12(9-10)6-7-13(17)15-16(3)4/h8-9H,6-7H2,1-5H3,(H,15,17). The van der Waals surface area contributed by atoms with Crippen LogP contribution in [0.1, 0.15) is 23.1 Å². The van der Waals surface area contributed by atoms with Gasteiger partial charge in [0.25, 0.3) is 0 Å². The molecule has 1 amide bonds. The molecular weight excluding hydrogens is 228 g/mol. The molecule has 1 aromatic rings. The number of benzene rings is 1. The van der Waals surface area contributed by atoms with Crippen molar-refractivity contribution in [3.8, 4) is 5.75 Å². The maximum Gasteiger partial charge on any atom is 0.234 e. The van der Waals surface area contributed by atoms with E-state index in [2.05, 4.69) is 24.5 Å². The minimum Gasteiger partial charge on any atom is -0.496 e. The van der Waals surface area contributed by atoms with Crippen LogP contribution in [-0.4, -0.2) is 32.1 Å². The Kier molecular flexibility index (Phi) is 5.16. The molecule has 0 aliphatic rings. The van der Waals surface area contributed by atoms with Crippen LogP contribution in [0.4, 0.5) is 0 Å². The summed E-state index contributed by atoms with van der Waals surface area (Å²) in [5.41, 5.74) is 6.12. The van der Waals surface area contributed by atoms with Crippen molar-refractivity contribution < 1.29 is 9.53 Å². The van der Waals surface area contributed by atoms with Gasteiger partial charge < -0.3 is 4.74 Å². The first-order chi connectivity index (χ1) is 8.43. The van der Waals surface area contributed by atoms with Crippen LogP contribution in [0.2, 0.25) is 0 Å². The molecular formula is C14H22N2O2. The minimum atomic E-state index is 0.0150. The van der Waals surface area contributed by atoms with Gasteiger partial charge in [0.05, 0.1) is 7.11 Å². The SMILES string of the molecule is COc1c(C)cc(C)cc1CCC(=O)NN(C)C. The van der Waals surface area contributed by atoms with Crippen molar-refractivity contribution in [2.75, 3.05) is 21.2 Å². The molecule has 4 heteroatoms. The Morgan fingerprint density at radius 2 is 2.00 bits per heavy atom. The van der Waals surface area contributed by atoms with Crippen molar-refractivity contribution in [3.05, 3.63) is 28.8 Å². The van der Waals surface area contributed by atoms with Crippen LogP contribution in [-0.2, 0) is 11.2 Å². The van der Waals surface area contributed by atoms with E-state index in [9.17, 15) is 4.79 Å². The lowest BCUT2D eigenvalue weighted by Gasteiger charge is -2.14. The summed E-state index contributed by atoms with van der Waals surface area (Å²) in [6.45, 7) is 4.07. The lowest BCUT2D eigenvalue weighted by atomic mass is 10.0. The van der Waals surface area contributed by atoms with Gasteiger partial charge in [-0.15, -0.1) is 0 Å². The number of methoxy groups -OCH3 is 1. The number of carbonyl (C=O) groups excluding carboxylic acids is 1. The second-order valence-corrected chi connectivity index (χ2v) is 4.70. The third-order valence-electron chi connectivity index (χ3n) is 2.67. The molecule has 1 N–H and O–H groups in total. The number of carbonyl (C=O) groups is 1. The molecule has 4 nitrogen and oxygen atoms in total. The van der Waals surface area contributed by atoms with Gasteiger partial charge in [-0.3, -0.25) is 10.2 Å². The monoisotopic (exact) mass is 250 g/mol. The van der Waals surface area contributed by atoms with Gasteiger partial charge in [0.1, 0.15) is 5.75 Å². The molecule has 0 atom stereocenters. The highest BCUT2D eigenvalue weighted by Gasteiger charge is 2.10. The summed E-state index contributed by atoms with van der Waals surface area (Å²) in [5, 5.41) is 1.65. The van der Waals surface area contributed by atoms with Crippen LogP contribution in [0.25, 0.3) is 0 Å². The number of ether oxygens (including phenoxy) is 1. The average Bonchev–Trinajstić information content (AvgIpc) is 2.24. The van der Waals surface area contributed by atoms with E-state index < -0.39 is 0 Å². The van der Waals surface area contributed by atoms with Gasteiger partial charge in [0.2, 0.25) is 5.91 Å². The van der Waals surface area contributed by atoms with E-state index in [-0.39, 0.29) is 5.91 Å². The zero-order chi connectivity index (χ0) is 13.7. The molecule has 0 fully saturated rings. The Bertz CT molecular complexity index is 428. The zero-order valence-corrected chi connectivity index (χ0v) is 11.8. The Hall–Kier alpha value is -1.55. The van der Waals surface area contributed by atoms with Crippen molar-refractivity contribution in [2.24, 2.45) is 0 Å². The maximum atomic E-state index is 11.6. The molecule has 0 radical (unpaired) electrons. The topological polar surface area (TPSA) is 41.6 Å². The number of hydrogen-bond donors (Lipinski definition) is 1. The third kappa shape index (κ3) is 4.04. The quantitative estimate of drug-likeness (QED) is 0.811. The Labute approximate surface area is 109 Å². The fraction of sp³-hybridized carbons (Fsp3) is 0.500. The van der Waals surface area contributed by atoms with Gasteiger partial charge >= 0.3 is 0 Å². The fourth-order valence-electron chi connectivity index (χ4n) is 2.07. The third-order valence-corrected chi connectivity index (χ3v) is 2.67. The first-order valence-corrected chi connectivity index (χ1v) is 6.05. The largest absolute Gasteiger partial charge is 0.496 e. The van der Waals surface area contributed by atoms with Gasteiger partial charge in [0.15, 0.2) is 0 Å². The number of nitrogens with zero attached hydrogens (tertiary/aromatic N) is 1. The van der Waals surface area contributed by atoms with Gasteiger partial charge in [0, 0.05) is 20.5 Å². The van der Waals surface area contributed by atoms with Crippen molar-refractivity contribution in [2.45, 2.75) is 26.7 Å². The van der Waals surface area contributed by atoms with Crippen molar-refractivity contribution in [1.29, 1.82) is 0 Å². The summed E-state index contributed by atoms with van der Waals surface area (Å²) in [4.78, 5) is 11.6. The smallest absolute Gasteiger partial charge is 0.234 e.